The quantitative estimate of drug-likeness (QED) is 0.721. The molecule has 7 heteroatoms. The number of carbonyl (C=O) groups excluding carboxylic acids is 2. The Labute approximate surface area is 167 Å². The summed E-state index contributed by atoms with van der Waals surface area (Å²) in [5, 5.41) is 3.87. The predicted octanol–water partition coefficient (Wildman–Crippen LogP) is 3.24. The number of carbonyl (C=O) groups is 2. The number of fused-ring (bicyclic) bond motifs is 1. The molecule has 150 valence electrons. The lowest BCUT2D eigenvalue weighted by atomic mass is 9.99. The first-order valence-corrected chi connectivity index (χ1v) is 9.34. The molecule has 1 aromatic carbocycles. The maximum atomic E-state index is 12.3. The third kappa shape index (κ3) is 5.47. The Balaban J connectivity index is 0.00000364. The zero-order chi connectivity index (χ0) is 19.3. The zero-order valence-electron chi connectivity index (χ0n) is 16.6. The lowest BCUT2D eigenvalue weighted by Gasteiger charge is -2.19. The Morgan fingerprint density at radius 3 is 2.44 bits per heavy atom. The van der Waals surface area contributed by atoms with Gasteiger partial charge in [-0.2, -0.15) is 0 Å². The SMILES string of the molecule is CCC(C)C(N)C(=O)Nc1ccc2c(ccn2CC(=O)N(CC)CC)c1.Cl. The molecule has 2 amide bonds. The molecule has 0 saturated heterocycles. The van der Waals surface area contributed by atoms with E-state index in [0.29, 0.717) is 25.3 Å². The van der Waals surface area contributed by atoms with Crippen LogP contribution >= 0.6 is 12.4 Å². The van der Waals surface area contributed by atoms with Crippen molar-refractivity contribution in [1.29, 1.82) is 0 Å². The fourth-order valence-corrected chi connectivity index (χ4v) is 2.98. The zero-order valence-corrected chi connectivity index (χ0v) is 17.4. The topological polar surface area (TPSA) is 80.4 Å². The Bertz CT molecular complexity index is 770. The van der Waals surface area contributed by atoms with Crippen LogP contribution in [0.15, 0.2) is 30.5 Å². The molecule has 27 heavy (non-hydrogen) atoms. The highest BCUT2D eigenvalue weighted by molar-refractivity contribution is 5.97. The lowest BCUT2D eigenvalue weighted by molar-refractivity contribution is -0.131. The summed E-state index contributed by atoms with van der Waals surface area (Å²) in [4.78, 5) is 26.4. The molecule has 2 atom stereocenters. The van der Waals surface area contributed by atoms with E-state index in [-0.39, 0.29) is 30.1 Å². The van der Waals surface area contributed by atoms with Gasteiger partial charge in [-0.15, -0.1) is 12.4 Å². The second-order valence-electron chi connectivity index (χ2n) is 6.68. The van der Waals surface area contributed by atoms with Crippen molar-refractivity contribution in [2.24, 2.45) is 11.7 Å². The van der Waals surface area contributed by atoms with Crippen LogP contribution < -0.4 is 11.1 Å². The van der Waals surface area contributed by atoms with Crippen molar-refractivity contribution in [2.75, 3.05) is 18.4 Å². The minimum absolute atomic E-state index is 0. The predicted molar refractivity (Wildman–Crippen MR) is 113 cm³/mol. The molecule has 2 rings (SSSR count). The maximum Gasteiger partial charge on any atom is 0.242 e. The molecule has 0 aliphatic heterocycles. The minimum Gasteiger partial charge on any atom is -0.342 e. The van der Waals surface area contributed by atoms with Gasteiger partial charge < -0.3 is 20.5 Å². The third-order valence-electron chi connectivity index (χ3n) is 5.02. The molecule has 0 aliphatic rings. The van der Waals surface area contributed by atoms with Gasteiger partial charge in [0.15, 0.2) is 0 Å². The summed E-state index contributed by atoms with van der Waals surface area (Å²) in [6.45, 7) is 9.69. The normalized spacial score (nSPS) is 12.9. The van der Waals surface area contributed by atoms with Gasteiger partial charge in [0.2, 0.25) is 11.8 Å². The second-order valence-corrected chi connectivity index (χ2v) is 6.68. The largest absolute Gasteiger partial charge is 0.342 e. The highest BCUT2D eigenvalue weighted by Crippen LogP contribution is 2.21. The molecule has 0 bridgehead atoms. The van der Waals surface area contributed by atoms with Crippen molar-refractivity contribution >= 4 is 40.8 Å². The van der Waals surface area contributed by atoms with E-state index in [1.807, 2.05) is 67.6 Å². The molecule has 1 aromatic heterocycles. The Hall–Kier alpha value is -2.05. The van der Waals surface area contributed by atoms with Gasteiger partial charge in [0.25, 0.3) is 0 Å². The van der Waals surface area contributed by atoms with Crippen LogP contribution in [-0.2, 0) is 16.1 Å². The number of nitrogens with two attached hydrogens (primary N) is 1. The molecular weight excluding hydrogens is 364 g/mol. The summed E-state index contributed by atoms with van der Waals surface area (Å²) in [5.41, 5.74) is 7.67. The van der Waals surface area contributed by atoms with Crippen LogP contribution in [-0.4, -0.2) is 40.4 Å². The van der Waals surface area contributed by atoms with Gasteiger partial charge in [0, 0.05) is 35.9 Å². The first-order valence-electron chi connectivity index (χ1n) is 9.34. The van der Waals surface area contributed by atoms with Gasteiger partial charge >= 0.3 is 0 Å². The molecule has 2 unspecified atom stereocenters. The monoisotopic (exact) mass is 394 g/mol. The molecule has 3 N–H and O–H groups in total. The third-order valence-corrected chi connectivity index (χ3v) is 5.02. The molecular formula is C20H31ClN4O2. The number of likely N-dealkylation sites (N-methyl/N-ethyl adjacent to an activating group) is 1. The van der Waals surface area contributed by atoms with Gasteiger partial charge in [0.05, 0.1) is 6.04 Å². The van der Waals surface area contributed by atoms with Crippen molar-refractivity contribution in [3.8, 4) is 0 Å². The molecule has 6 nitrogen and oxygen atoms in total. The molecule has 1 heterocycles. The van der Waals surface area contributed by atoms with Crippen molar-refractivity contribution < 1.29 is 9.59 Å². The van der Waals surface area contributed by atoms with Gasteiger partial charge in [-0.3, -0.25) is 9.59 Å². The van der Waals surface area contributed by atoms with Crippen molar-refractivity contribution in [3.05, 3.63) is 30.5 Å². The Kier molecular flexibility index (Phi) is 8.79. The van der Waals surface area contributed by atoms with E-state index < -0.39 is 6.04 Å². The average Bonchev–Trinajstić information content (AvgIpc) is 3.03. The van der Waals surface area contributed by atoms with Crippen molar-refractivity contribution in [1.82, 2.24) is 9.47 Å². The molecule has 0 fully saturated rings. The van der Waals surface area contributed by atoms with Crippen molar-refractivity contribution in [3.63, 3.8) is 0 Å². The van der Waals surface area contributed by atoms with E-state index in [2.05, 4.69) is 5.32 Å². The molecule has 2 aromatic rings. The number of nitrogens with one attached hydrogen (secondary N) is 1. The van der Waals surface area contributed by atoms with E-state index in [1.165, 1.54) is 0 Å². The number of halogens is 1. The summed E-state index contributed by atoms with van der Waals surface area (Å²) < 4.78 is 1.94. The minimum atomic E-state index is -0.521. The molecule has 0 spiro atoms. The second kappa shape index (κ2) is 10.3. The fraction of sp³-hybridized carbons (Fsp3) is 0.500. The van der Waals surface area contributed by atoms with Gasteiger partial charge in [0.1, 0.15) is 6.54 Å². The smallest absolute Gasteiger partial charge is 0.242 e. The maximum absolute atomic E-state index is 12.3. The van der Waals surface area contributed by atoms with Crippen LogP contribution in [0.25, 0.3) is 10.9 Å². The first-order chi connectivity index (χ1) is 12.4. The van der Waals surface area contributed by atoms with E-state index in [1.54, 1.807) is 0 Å². The van der Waals surface area contributed by atoms with Crippen LogP contribution in [0, 0.1) is 5.92 Å². The molecule has 0 saturated carbocycles. The fourth-order valence-electron chi connectivity index (χ4n) is 2.98. The number of anilines is 1. The van der Waals surface area contributed by atoms with Crippen molar-refractivity contribution in [2.45, 2.75) is 46.7 Å². The summed E-state index contributed by atoms with van der Waals surface area (Å²) in [6.07, 6.45) is 2.76. The molecule has 0 radical (unpaired) electrons. The van der Waals surface area contributed by atoms with E-state index >= 15 is 0 Å². The van der Waals surface area contributed by atoms with E-state index in [4.69, 9.17) is 5.73 Å². The van der Waals surface area contributed by atoms with E-state index in [9.17, 15) is 9.59 Å². The lowest BCUT2D eigenvalue weighted by Crippen LogP contribution is -2.40. The van der Waals surface area contributed by atoms with Gasteiger partial charge in [-0.05, 0) is 44.0 Å². The van der Waals surface area contributed by atoms with Gasteiger partial charge in [-0.25, -0.2) is 0 Å². The summed E-state index contributed by atoms with van der Waals surface area (Å²) in [5.74, 6) is 0.0603. The van der Waals surface area contributed by atoms with E-state index in [0.717, 1.165) is 17.3 Å². The average molecular weight is 395 g/mol. The number of amides is 2. The first kappa shape index (κ1) is 23.0. The summed E-state index contributed by atoms with van der Waals surface area (Å²) >= 11 is 0. The van der Waals surface area contributed by atoms with Gasteiger partial charge in [-0.1, -0.05) is 20.3 Å². The number of nitrogens with zero attached hydrogens (tertiary/aromatic N) is 2. The van der Waals surface area contributed by atoms with Crippen LogP contribution in [0.4, 0.5) is 5.69 Å². The number of hydrogen-bond donors (Lipinski definition) is 2. The number of hydrogen-bond acceptors (Lipinski definition) is 3. The van der Waals surface area contributed by atoms with Crippen LogP contribution in [0.5, 0.6) is 0 Å². The van der Waals surface area contributed by atoms with Crippen LogP contribution in [0.2, 0.25) is 0 Å². The number of aromatic nitrogens is 1. The summed E-state index contributed by atoms with van der Waals surface area (Å²) in [6, 6.07) is 7.12. The summed E-state index contributed by atoms with van der Waals surface area (Å²) in [7, 11) is 0. The Morgan fingerprint density at radius 1 is 1.19 bits per heavy atom. The standard InChI is InChI=1S/C20H30N4O2.ClH/c1-5-14(4)19(21)20(26)22-16-8-9-17-15(12-16)10-11-24(17)13-18(25)23(6-2)7-3;/h8-12,14,19H,5-7,13,21H2,1-4H3,(H,22,26);1H. The molecule has 0 aliphatic carbocycles. The van der Waals surface area contributed by atoms with Crippen LogP contribution in [0.3, 0.4) is 0 Å². The number of benzene rings is 1. The highest BCUT2D eigenvalue weighted by Gasteiger charge is 2.19. The van der Waals surface area contributed by atoms with Crippen LogP contribution in [0.1, 0.15) is 34.1 Å². The Morgan fingerprint density at radius 2 is 1.85 bits per heavy atom. The highest BCUT2D eigenvalue weighted by atomic mass is 35.5. The number of rotatable bonds is 8.